The molecule has 178 valence electrons. The Hall–Kier alpha value is -3.06. The molecule has 0 aliphatic heterocycles. The van der Waals surface area contributed by atoms with Crippen LogP contribution in [0.25, 0.3) is 10.8 Å². The highest BCUT2D eigenvalue weighted by atomic mass is 35.5. The number of hydrogen-bond acceptors (Lipinski definition) is 3. The van der Waals surface area contributed by atoms with Gasteiger partial charge < -0.3 is 5.32 Å². The zero-order valence-corrected chi connectivity index (χ0v) is 21.2. The lowest BCUT2D eigenvalue weighted by Crippen LogP contribution is -2.29. The molecular weight excluding hydrogens is 503 g/mol. The number of carbonyl (C=O) groups is 1. The van der Waals surface area contributed by atoms with Crippen molar-refractivity contribution < 1.29 is 13.2 Å². The maximum absolute atomic E-state index is 13.0. The topological polar surface area (TPSA) is 66.5 Å². The van der Waals surface area contributed by atoms with Gasteiger partial charge in [0.15, 0.2) is 0 Å². The number of amides is 1. The maximum atomic E-state index is 13.0. The van der Waals surface area contributed by atoms with Gasteiger partial charge in [-0.25, -0.2) is 8.42 Å². The van der Waals surface area contributed by atoms with E-state index in [1.165, 1.54) is 26.9 Å². The van der Waals surface area contributed by atoms with E-state index in [0.717, 1.165) is 35.7 Å². The molecule has 4 aromatic rings. The zero-order chi connectivity index (χ0) is 24.7. The molecule has 0 heterocycles. The molecule has 0 aromatic heterocycles. The Bertz CT molecular complexity index is 1560. The SMILES string of the molecule is CS(=O)(=O)N(Cc1ccc(C(=O)Nc2ccc3c4c(cccc24)CC3)cc1)c1ccc(Cl)c(Cl)c1. The first-order valence-corrected chi connectivity index (χ1v) is 13.7. The Kier molecular flexibility index (Phi) is 6.21. The third-order valence-corrected chi connectivity index (χ3v) is 8.14. The van der Waals surface area contributed by atoms with Crippen molar-refractivity contribution >= 4 is 61.3 Å². The van der Waals surface area contributed by atoms with Crippen LogP contribution in [-0.2, 0) is 29.4 Å². The lowest BCUT2D eigenvalue weighted by atomic mass is 10.0. The molecule has 0 unspecified atom stereocenters. The smallest absolute Gasteiger partial charge is 0.255 e. The molecule has 0 saturated heterocycles. The van der Waals surface area contributed by atoms with Gasteiger partial charge in [-0.2, -0.15) is 0 Å². The first-order valence-electron chi connectivity index (χ1n) is 11.1. The van der Waals surface area contributed by atoms with E-state index in [1.807, 2.05) is 18.2 Å². The second-order valence-electron chi connectivity index (χ2n) is 8.63. The lowest BCUT2D eigenvalue weighted by Gasteiger charge is -2.23. The van der Waals surface area contributed by atoms with Gasteiger partial charge in [0.05, 0.1) is 28.5 Å². The van der Waals surface area contributed by atoms with Gasteiger partial charge in [-0.3, -0.25) is 9.10 Å². The second kappa shape index (κ2) is 9.19. The zero-order valence-electron chi connectivity index (χ0n) is 18.9. The largest absolute Gasteiger partial charge is 0.321 e. The fraction of sp³-hybridized carbons (Fsp3) is 0.148. The van der Waals surface area contributed by atoms with E-state index >= 15 is 0 Å². The number of nitrogens with zero attached hydrogens (tertiary/aromatic N) is 1. The number of anilines is 2. The Balaban J connectivity index is 1.36. The quantitative estimate of drug-likeness (QED) is 0.314. The van der Waals surface area contributed by atoms with Crippen molar-refractivity contribution in [2.75, 3.05) is 15.9 Å². The molecule has 1 amide bonds. The highest BCUT2D eigenvalue weighted by molar-refractivity contribution is 7.92. The number of benzene rings is 4. The van der Waals surface area contributed by atoms with Gasteiger partial charge in [0.25, 0.3) is 5.91 Å². The summed E-state index contributed by atoms with van der Waals surface area (Å²) in [6.07, 6.45) is 3.19. The number of halogens is 2. The molecule has 0 atom stereocenters. The van der Waals surface area contributed by atoms with Crippen molar-refractivity contribution in [2.24, 2.45) is 0 Å². The summed E-state index contributed by atoms with van der Waals surface area (Å²) in [5, 5.41) is 5.94. The van der Waals surface area contributed by atoms with Crippen LogP contribution in [0.4, 0.5) is 11.4 Å². The summed E-state index contributed by atoms with van der Waals surface area (Å²) in [4.78, 5) is 13.0. The third-order valence-electron chi connectivity index (χ3n) is 6.26. The van der Waals surface area contributed by atoms with Crippen molar-refractivity contribution in [1.29, 1.82) is 0 Å². The minimum atomic E-state index is -3.58. The summed E-state index contributed by atoms with van der Waals surface area (Å²) in [5.74, 6) is -0.222. The summed E-state index contributed by atoms with van der Waals surface area (Å²) < 4.78 is 26.2. The normalized spacial score (nSPS) is 12.7. The van der Waals surface area contributed by atoms with Crippen LogP contribution in [0, 0.1) is 0 Å². The van der Waals surface area contributed by atoms with E-state index < -0.39 is 10.0 Å². The van der Waals surface area contributed by atoms with E-state index in [2.05, 4.69) is 17.4 Å². The van der Waals surface area contributed by atoms with Crippen LogP contribution in [0.15, 0.2) is 72.8 Å². The molecule has 4 aromatic carbocycles. The minimum Gasteiger partial charge on any atom is -0.321 e. The number of aryl methyl sites for hydroxylation is 2. The average Bonchev–Trinajstić information content (AvgIpc) is 3.25. The lowest BCUT2D eigenvalue weighted by molar-refractivity contribution is 0.102. The van der Waals surface area contributed by atoms with Crippen molar-refractivity contribution in [2.45, 2.75) is 19.4 Å². The Morgan fingerprint density at radius 2 is 1.63 bits per heavy atom. The number of hydrogen-bond donors (Lipinski definition) is 1. The number of nitrogens with one attached hydrogen (secondary N) is 1. The molecule has 0 fully saturated rings. The molecular formula is C27H22Cl2N2O3S. The highest BCUT2D eigenvalue weighted by Crippen LogP contribution is 2.35. The fourth-order valence-corrected chi connectivity index (χ4v) is 5.69. The van der Waals surface area contributed by atoms with E-state index in [4.69, 9.17) is 23.2 Å². The summed E-state index contributed by atoms with van der Waals surface area (Å²) in [6, 6.07) is 21.8. The van der Waals surface area contributed by atoms with Gasteiger partial charge in [-0.1, -0.05) is 59.6 Å². The third kappa shape index (κ3) is 4.74. The summed E-state index contributed by atoms with van der Waals surface area (Å²) in [6.45, 7) is 0.0908. The standard InChI is InChI=1S/C27H22Cl2N2O3S/c1-35(33,34)31(21-12-13-23(28)24(29)15-21)16-17-5-7-20(8-6-17)27(32)30-25-14-11-19-10-9-18-3-2-4-22(25)26(18)19/h2-8,11-15H,9-10,16H2,1H3,(H,30,32). The van der Waals surface area contributed by atoms with Crippen LogP contribution < -0.4 is 9.62 Å². The van der Waals surface area contributed by atoms with Gasteiger partial charge in [-0.15, -0.1) is 0 Å². The molecule has 1 aliphatic carbocycles. The van der Waals surface area contributed by atoms with E-state index in [1.54, 1.807) is 36.4 Å². The van der Waals surface area contributed by atoms with Crippen molar-refractivity contribution in [3.8, 4) is 0 Å². The Morgan fingerprint density at radius 1 is 0.914 bits per heavy atom. The van der Waals surface area contributed by atoms with Crippen molar-refractivity contribution in [3.05, 3.63) is 105 Å². The highest BCUT2D eigenvalue weighted by Gasteiger charge is 2.20. The average molecular weight is 525 g/mol. The monoisotopic (exact) mass is 524 g/mol. The van der Waals surface area contributed by atoms with Gasteiger partial charge >= 0.3 is 0 Å². The molecule has 0 bridgehead atoms. The molecule has 0 spiro atoms. The van der Waals surface area contributed by atoms with Gasteiger partial charge in [0.1, 0.15) is 0 Å². The second-order valence-corrected chi connectivity index (χ2v) is 11.4. The van der Waals surface area contributed by atoms with Gasteiger partial charge in [0, 0.05) is 16.6 Å². The maximum Gasteiger partial charge on any atom is 0.255 e. The Labute approximate surface area is 214 Å². The predicted molar refractivity (Wildman–Crippen MR) is 143 cm³/mol. The van der Waals surface area contributed by atoms with Crippen molar-refractivity contribution in [3.63, 3.8) is 0 Å². The number of sulfonamides is 1. The fourth-order valence-electron chi connectivity index (χ4n) is 4.52. The minimum absolute atomic E-state index is 0.0908. The molecule has 0 saturated carbocycles. The molecule has 1 aliphatic rings. The number of rotatable bonds is 6. The molecule has 0 radical (unpaired) electrons. The van der Waals surface area contributed by atoms with E-state index in [0.29, 0.717) is 16.3 Å². The van der Waals surface area contributed by atoms with Crippen LogP contribution in [-0.4, -0.2) is 20.6 Å². The Morgan fingerprint density at radius 3 is 2.31 bits per heavy atom. The van der Waals surface area contributed by atoms with Crippen LogP contribution in [0.5, 0.6) is 0 Å². The van der Waals surface area contributed by atoms with E-state index in [9.17, 15) is 13.2 Å². The molecule has 5 nitrogen and oxygen atoms in total. The summed E-state index contributed by atoms with van der Waals surface area (Å²) >= 11 is 12.1. The van der Waals surface area contributed by atoms with Crippen LogP contribution in [0.3, 0.4) is 0 Å². The van der Waals surface area contributed by atoms with Gasteiger partial charge in [-0.05, 0) is 71.3 Å². The predicted octanol–water partition coefficient (Wildman–Crippen LogP) is 6.46. The van der Waals surface area contributed by atoms with Crippen molar-refractivity contribution in [1.82, 2.24) is 0 Å². The first kappa shape index (κ1) is 23.7. The molecule has 35 heavy (non-hydrogen) atoms. The first-order chi connectivity index (χ1) is 16.7. The van der Waals surface area contributed by atoms with Crippen LogP contribution in [0.2, 0.25) is 10.0 Å². The molecule has 5 rings (SSSR count). The summed E-state index contributed by atoms with van der Waals surface area (Å²) in [7, 11) is -3.58. The molecule has 8 heteroatoms. The van der Waals surface area contributed by atoms with E-state index in [-0.39, 0.29) is 17.5 Å². The van der Waals surface area contributed by atoms with Gasteiger partial charge in [0.2, 0.25) is 10.0 Å². The van der Waals surface area contributed by atoms with Crippen LogP contribution >= 0.6 is 23.2 Å². The molecule has 1 N–H and O–H groups in total. The number of carbonyl (C=O) groups excluding carboxylic acids is 1. The van der Waals surface area contributed by atoms with Crippen LogP contribution in [0.1, 0.15) is 27.0 Å². The summed E-state index contributed by atoms with van der Waals surface area (Å²) in [5.41, 5.74) is 5.03.